The highest BCUT2D eigenvalue weighted by molar-refractivity contribution is 5.97. The van der Waals surface area contributed by atoms with Crippen molar-refractivity contribution >= 4 is 28.6 Å². The van der Waals surface area contributed by atoms with E-state index in [4.69, 9.17) is 0 Å². The molecule has 0 saturated heterocycles. The molecule has 0 aliphatic heterocycles. The highest BCUT2D eigenvalue weighted by atomic mass is 16.4. The third-order valence-electron chi connectivity index (χ3n) is 7.61. The van der Waals surface area contributed by atoms with Crippen LogP contribution in [-0.2, 0) is 22.7 Å². The second-order valence-corrected chi connectivity index (χ2v) is 11.8. The first-order valence-corrected chi connectivity index (χ1v) is 15.5. The number of aliphatic carboxylic acids is 1. The lowest BCUT2D eigenvalue weighted by atomic mass is 9.99. The molecule has 2 amide bonds. The van der Waals surface area contributed by atoms with Gasteiger partial charge < -0.3 is 26.0 Å². The van der Waals surface area contributed by atoms with Crippen LogP contribution >= 0.6 is 0 Å². The summed E-state index contributed by atoms with van der Waals surface area (Å²) in [6.45, 7) is 8.31. The van der Waals surface area contributed by atoms with E-state index in [2.05, 4.69) is 25.9 Å². The molecule has 0 unspecified atom stereocenters. The lowest BCUT2D eigenvalue weighted by Gasteiger charge is -2.25. The van der Waals surface area contributed by atoms with Gasteiger partial charge in [0.05, 0.1) is 19.1 Å². The molecule has 45 heavy (non-hydrogen) atoms. The number of carboxylic acids is 1. The SMILES string of the molecule is CC(C)CN(CCC[C@H](NC(=O)c1ccc(CNCc2ncc[nH]2)cc1)C(=O)N[C@@H](C)c1cccc2ccccc12)CC(=O)O. The van der Waals surface area contributed by atoms with Crippen molar-refractivity contribution in [3.05, 3.63) is 102 Å². The zero-order chi connectivity index (χ0) is 32.2. The second-order valence-electron chi connectivity index (χ2n) is 11.8. The van der Waals surface area contributed by atoms with Gasteiger partial charge in [0.2, 0.25) is 5.91 Å². The number of nitrogens with zero attached hydrogens (tertiary/aromatic N) is 2. The van der Waals surface area contributed by atoms with Gasteiger partial charge in [0, 0.05) is 31.0 Å². The topological polar surface area (TPSA) is 139 Å². The molecule has 1 heterocycles. The minimum absolute atomic E-state index is 0.0672. The Kier molecular flexibility index (Phi) is 12.2. The first-order chi connectivity index (χ1) is 21.7. The third kappa shape index (κ3) is 10.3. The molecule has 4 aromatic rings. The summed E-state index contributed by atoms with van der Waals surface area (Å²) in [5.74, 6) is -0.362. The van der Waals surface area contributed by atoms with Crippen molar-refractivity contribution in [1.82, 2.24) is 30.8 Å². The van der Waals surface area contributed by atoms with Gasteiger partial charge in [-0.15, -0.1) is 0 Å². The van der Waals surface area contributed by atoms with Crippen molar-refractivity contribution < 1.29 is 19.5 Å². The van der Waals surface area contributed by atoms with Crippen molar-refractivity contribution in [1.29, 1.82) is 0 Å². The molecular formula is C35H44N6O4. The van der Waals surface area contributed by atoms with Gasteiger partial charge in [0.25, 0.3) is 5.91 Å². The van der Waals surface area contributed by atoms with Crippen LogP contribution in [0.2, 0.25) is 0 Å². The van der Waals surface area contributed by atoms with Gasteiger partial charge in [-0.1, -0.05) is 68.4 Å². The molecular weight excluding hydrogens is 568 g/mol. The molecule has 0 saturated carbocycles. The van der Waals surface area contributed by atoms with E-state index < -0.39 is 12.0 Å². The van der Waals surface area contributed by atoms with E-state index in [-0.39, 0.29) is 24.4 Å². The van der Waals surface area contributed by atoms with Crippen molar-refractivity contribution in [2.75, 3.05) is 19.6 Å². The quantitative estimate of drug-likeness (QED) is 0.117. The number of carbonyl (C=O) groups excluding carboxylic acids is 2. The van der Waals surface area contributed by atoms with Crippen LogP contribution in [0.15, 0.2) is 79.1 Å². The Morgan fingerprint density at radius 1 is 0.933 bits per heavy atom. The van der Waals surface area contributed by atoms with E-state index in [1.807, 2.05) is 80.3 Å². The number of carboxylic acid groups (broad SMARTS) is 1. The van der Waals surface area contributed by atoms with E-state index in [1.54, 1.807) is 24.5 Å². The van der Waals surface area contributed by atoms with Crippen LogP contribution < -0.4 is 16.0 Å². The van der Waals surface area contributed by atoms with Crippen LogP contribution in [0.4, 0.5) is 0 Å². The van der Waals surface area contributed by atoms with E-state index in [0.717, 1.165) is 27.7 Å². The van der Waals surface area contributed by atoms with Crippen LogP contribution in [0, 0.1) is 5.92 Å². The fraction of sp³-hybridized carbons (Fsp3) is 0.371. The molecule has 0 spiro atoms. The molecule has 238 valence electrons. The minimum atomic E-state index is -0.887. The Morgan fingerprint density at radius 2 is 1.69 bits per heavy atom. The summed E-state index contributed by atoms with van der Waals surface area (Å²) in [6, 6.07) is 20.2. The number of hydrogen-bond donors (Lipinski definition) is 5. The van der Waals surface area contributed by atoms with Crippen LogP contribution in [0.1, 0.15) is 67.0 Å². The summed E-state index contributed by atoms with van der Waals surface area (Å²) < 4.78 is 0. The third-order valence-corrected chi connectivity index (χ3v) is 7.61. The summed E-state index contributed by atoms with van der Waals surface area (Å²) in [5, 5.41) is 20.9. The van der Waals surface area contributed by atoms with E-state index in [1.165, 1.54) is 0 Å². The van der Waals surface area contributed by atoms with Crippen LogP contribution in [0.3, 0.4) is 0 Å². The standard InChI is InChI=1S/C35H44N6O4/c1-24(2)22-41(23-33(42)43)19-7-12-31(35(45)39-25(3)29-11-6-9-27-8-4-5-10-30(27)29)40-34(44)28-15-13-26(14-16-28)20-36-21-32-37-17-18-38-32/h4-6,8-11,13-18,24-25,31,36H,7,12,19-23H2,1-3H3,(H,37,38)(H,39,45)(H,40,44)(H,42,43)/t25-,31-/m0/s1. The minimum Gasteiger partial charge on any atom is -0.480 e. The molecule has 0 radical (unpaired) electrons. The van der Waals surface area contributed by atoms with Gasteiger partial charge in [0.15, 0.2) is 0 Å². The molecule has 3 aromatic carbocycles. The summed E-state index contributed by atoms with van der Waals surface area (Å²) in [7, 11) is 0. The number of aromatic nitrogens is 2. The fourth-order valence-electron chi connectivity index (χ4n) is 5.49. The maximum Gasteiger partial charge on any atom is 0.317 e. The zero-order valence-corrected chi connectivity index (χ0v) is 26.3. The monoisotopic (exact) mass is 612 g/mol. The molecule has 10 heteroatoms. The number of H-pyrrole nitrogens is 1. The number of benzene rings is 3. The highest BCUT2D eigenvalue weighted by Gasteiger charge is 2.24. The van der Waals surface area contributed by atoms with Gasteiger partial charge in [-0.05, 0) is 66.3 Å². The molecule has 5 N–H and O–H groups in total. The van der Waals surface area contributed by atoms with Crippen LogP contribution in [0.5, 0.6) is 0 Å². The number of carbonyl (C=O) groups is 3. The molecule has 0 aliphatic carbocycles. The van der Waals surface area contributed by atoms with E-state index in [9.17, 15) is 19.5 Å². The summed E-state index contributed by atoms with van der Waals surface area (Å²) in [5.41, 5.74) is 2.46. The average molecular weight is 613 g/mol. The molecule has 2 atom stereocenters. The molecule has 0 fully saturated rings. The van der Waals surface area contributed by atoms with E-state index >= 15 is 0 Å². The van der Waals surface area contributed by atoms with Gasteiger partial charge in [-0.3, -0.25) is 19.3 Å². The number of fused-ring (bicyclic) bond motifs is 1. The average Bonchev–Trinajstić information content (AvgIpc) is 3.53. The van der Waals surface area contributed by atoms with Gasteiger partial charge in [-0.2, -0.15) is 0 Å². The van der Waals surface area contributed by atoms with Crippen LogP contribution in [-0.4, -0.2) is 63.4 Å². The number of nitrogens with one attached hydrogen (secondary N) is 4. The highest BCUT2D eigenvalue weighted by Crippen LogP contribution is 2.24. The molecule has 1 aromatic heterocycles. The fourth-order valence-corrected chi connectivity index (χ4v) is 5.49. The van der Waals surface area contributed by atoms with Crippen LogP contribution in [0.25, 0.3) is 10.8 Å². The summed E-state index contributed by atoms with van der Waals surface area (Å²) >= 11 is 0. The Morgan fingerprint density at radius 3 is 2.40 bits per heavy atom. The Bertz CT molecular complexity index is 1530. The Hall–Kier alpha value is -4.54. The first-order valence-electron chi connectivity index (χ1n) is 15.5. The maximum absolute atomic E-state index is 13.7. The van der Waals surface area contributed by atoms with Gasteiger partial charge in [0.1, 0.15) is 11.9 Å². The smallest absolute Gasteiger partial charge is 0.317 e. The van der Waals surface area contributed by atoms with Crippen molar-refractivity contribution in [3.8, 4) is 0 Å². The predicted octanol–water partition coefficient (Wildman–Crippen LogP) is 4.65. The number of imidazole rings is 1. The van der Waals surface area contributed by atoms with Crippen molar-refractivity contribution in [2.45, 2.75) is 58.8 Å². The number of rotatable bonds is 17. The van der Waals surface area contributed by atoms with E-state index in [0.29, 0.717) is 50.5 Å². The second kappa shape index (κ2) is 16.5. The van der Waals surface area contributed by atoms with Gasteiger partial charge in [-0.25, -0.2) is 4.98 Å². The predicted molar refractivity (Wildman–Crippen MR) is 175 cm³/mol. The lowest BCUT2D eigenvalue weighted by molar-refractivity contribution is -0.138. The lowest BCUT2D eigenvalue weighted by Crippen LogP contribution is -2.47. The largest absolute Gasteiger partial charge is 0.480 e. The summed E-state index contributed by atoms with van der Waals surface area (Å²) in [4.78, 5) is 47.6. The zero-order valence-electron chi connectivity index (χ0n) is 26.3. The number of amides is 2. The molecule has 4 rings (SSSR count). The Labute approximate surface area is 264 Å². The first kappa shape index (κ1) is 33.4. The van der Waals surface area contributed by atoms with Crippen molar-refractivity contribution in [2.24, 2.45) is 5.92 Å². The van der Waals surface area contributed by atoms with Crippen molar-refractivity contribution in [3.63, 3.8) is 0 Å². The maximum atomic E-state index is 13.7. The molecule has 0 aliphatic rings. The Balaban J connectivity index is 1.43. The molecule has 0 bridgehead atoms. The normalized spacial score (nSPS) is 12.7. The summed E-state index contributed by atoms with van der Waals surface area (Å²) in [6.07, 6.45) is 4.39. The molecule has 10 nitrogen and oxygen atoms in total. The number of hydrogen-bond acceptors (Lipinski definition) is 6. The number of aromatic amines is 1. The van der Waals surface area contributed by atoms with Gasteiger partial charge >= 0.3 is 5.97 Å².